The van der Waals surface area contributed by atoms with Crippen molar-refractivity contribution in [2.45, 2.75) is 65.5 Å². The van der Waals surface area contributed by atoms with Crippen molar-refractivity contribution in [2.75, 3.05) is 18.4 Å². The number of fused-ring (bicyclic) bond motifs is 1. The normalized spacial score (nSPS) is 14.7. The lowest BCUT2D eigenvalue weighted by Crippen LogP contribution is -2.42. The summed E-state index contributed by atoms with van der Waals surface area (Å²) in [6, 6.07) is 7.87. The number of aromatic nitrogens is 6. The number of rotatable bonds is 6. The molecular formula is C29H36N8O2. The maximum Gasteiger partial charge on any atom is 0.410 e. The predicted molar refractivity (Wildman–Crippen MR) is 151 cm³/mol. The Hall–Kier alpha value is -4.08. The van der Waals surface area contributed by atoms with Crippen LogP contribution in [0.5, 0.6) is 0 Å². The average Bonchev–Trinajstić information content (AvgIpc) is 3.36. The van der Waals surface area contributed by atoms with Crippen molar-refractivity contribution in [1.82, 2.24) is 34.8 Å². The Balaban J connectivity index is 1.23. The first-order valence-corrected chi connectivity index (χ1v) is 13.5. The van der Waals surface area contributed by atoms with Crippen molar-refractivity contribution in [3.63, 3.8) is 0 Å². The number of nitrogens with one attached hydrogen (secondary N) is 1. The van der Waals surface area contributed by atoms with Gasteiger partial charge < -0.3 is 15.0 Å². The zero-order valence-corrected chi connectivity index (χ0v) is 23.3. The maximum atomic E-state index is 12.3. The van der Waals surface area contributed by atoms with Gasteiger partial charge in [-0.05, 0) is 75.3 Å². The number of carbonyl (C=O) groups is 1. The number of hydrogen-bond donors (Lipinski definition) is 1. The second kappa shape index (κ2) is 11.0. The molecule has 10 heteroatoms. The number of hydrogen-bond acceptors (Lipinski definition) is 8. The van der Waals surface area contributed by atoms with Crippen molar-refractivity contribution < 1.29 is 9.53 Å². The molecule has 1 amide bonds. The molecule has 0 saturated carbocycles. The van der Waals surface area contributed by atoms with E-state index in [1.165, 1.54) is 0 Å². The Morgan fingerprint density at radius 3 is 2.59 bits per heavy atom. The second-order valence-corrected chi connectivity index (χ2v) is 11.5. The molecule has 10 nitrogen and oxygen atoms in total. The Morgan fingerprint density at radius 2 is 1.85 bits per heavy atom. The molecule has 0 spiro atoms. The number of amides is 1. The predicted octanol–water partition coefficient (Wildman–Crippen LogP) is 5.80. The first kappa shape index (κ1) is 26.5. The molecule has 1 aliphatic rings. The van der Waals surface area contributed by atoms with E-state index in [1.807, 2.05) is 62.1 Å². The Kier molecular flexibility index (Phi) is 7.45. The van der Waals surface area contributed by atoms with Gasteiger partial charge >= 0.3 is 6.09 Å². The van der Waals surface area contributed by atoms with E-state index in [9.17, 15) is 4.79 Å². The number of nitrogens with zero attached hydrogens (tertiary/aromatic N) is 7. The quantitative estimate of drug-likeness (QED) is 0.334. The van der Waals surface area contributed by atoms with Crippen molar-refractivity contribution in [2.24, 2.45) is 5.92 Å². The standard InChI is InChI=1S/C29H36N8O2/c1-19(2)21-13-27(35-31-15-21)34-26-7-6-24-25(33-26)12-22(14-30-24)23-16-32-37(18-23)17-20-8-10-36(11-9-20)28(38)39-29(3,4)5/h6-7,12-16,18-20H,8-11,17H2,1-5H3,(H,33,34,35). The molecule has 0 aliphatic carbocycles. The molecule has 1 saturated heterocycles. The highest BCUT2D eigenvalue weighted by Crippen LogP contribution is 2.26. The van der Waals surface area contributed by atoms with E-state index in [2.05, 4.69) is 45.6 Å². The van der Waals surface area contributed by atoms with Gasteiger partial charge in [0, 0.05) is 43.2 Å². The highest BCUT2D eigenvalue weighted by Gasteiger charge is 2.27. The van der Waals surface area contributed by atoms with Gasteiger partial charge in [0.1, 0.15) is 11.4 Å². The molecule has 4 aromatic heterocycles. The fourth-order valence-corrected chi connectivity index (χ4v) is 4.63. The van der Waals surface area contributed by atoms with Crippen molar-refractivity contribution >= 4 is 28.8 Å². The monoisotopic (exact) mass is 528 g/mol. The number of anilines is 2. The molecular weight excluding hydrogens is 492 g/mol. The summed E-state index contributed by atoms with van der Waals surface area (Å²) in [5, 5.41) is 16.1. The summed E-state index contributed by atoms with van der Waals surface area (Å²) in [5.74, 6) is 2.17. The van der Waals surface area contributed by atoms with E-state index >= 15 is 0 Å². The van der Waals surface area contributed by atoms with E-state index in [-0.39, 0.29) is 6.09 Å². The summed E-state index contributed by atoms with van der Waals surface area (Å²) in [4.78, 5) is 23.5. The lowest BCUT2D eigenvalue weighted by Gasteiger charge is -2.33. The lowest BCUT2D eigenvalue weighted by molar-refractivity contribution is 0.0177. The molecule has 0 unspecified atom stereocenters. The van der Waals surface area contributed by atoms with Gasteiger partial charge in [-0.3, -0.25) is 9.67 Å². The molecule has 1 N–H and O–H groups in total. The van der Waals surface area contributed by atoms with Gasteiger partial charge in [-0.1, -0.05) is 13.8 Å². The van der Waals surface area contributed by atoms with Gasteiger partial charge in [-0.2, -0.15) is 10.2 Å². The summed E-state index contributed by atoms with van der Waals surface area (Å²) in [5.41, 5.74) is 4.19. The van der Waals surface area contributed by atoms with Crippen molar-refractivity contribution in [1.29, 1.82) is 0 Å². The summed E-state index contributed by atoms with van der Waals surface area (Å²) < 4.78 is 7.50. The summed E-state index contributed by atoms with van der Waals surface area (Å²) >= 11 is 0. The topological polar surface area (TPSA) is 111 Å². The first-order valence-electron chi connectivity index (χ1n) is 13.5. The number of piperidine rings is 1. The molecule has 0 aromatic carbocycles. The number of carbonyl (C=O) groups excluding carboxylic acids is 1. The fourth-order valence-electron chi connectivity index (χ4n) is 4.63. The van der Waals surface area contributed by atoms with Crippen LogP contribution in [0.2, 0.25) is 0 Å². The Bertz CT molecular complexity index is 1450. The SMILES string of the molecule is CC(C)c1cnnc(Nc2ccc3ncc(-c4cnn(CC5CCN(C(=O)OC(C)(C)C)CC5)c4)cc3n2)c1. The van der Waals surface area contributed by atoms with Crippen LogP contribution >= 0.6 is 0 Å². The molecule has 5 heterocycles. The highest BCUT2D eigenvalue weighted by atomic mass is 16.6. The zero-order valence-electron chi connectivity index (χ0n) is 23.3. The molecule has 0 atom stereocenters. The minimum Gasteiger partial charge on any atom is -0.444 e. The van der Waals surface area contributed by atoms with Crippen LogP contribution in [-0.2, 0) is 11.3 Å². The molecule has 1 aliphatic heterocycles. The minimum atomic E-state index is -0.473. The third kappa shape index (κ3) is 6.68. The molecule has 0 radical (unpaired) electrons. The van der Waals surface area contributed by atoms with E-state index in [0.29, 0.717) is 36.6 Å². The van der Waals surface area contributed by atoms with Crippen LogP contribution in [0.1, 0.15) is 58.9 Å². The van der Waals surface area contributed by atoms with Gasteiger partial charge in [-0.25, -0.2) is 9.78 Å². The first-order chi connectivity index (χ1) is 18.6. The van der Waals surface area contributed by atoms with Crippen molar-refractivity contribution in [3.8, 4) is 11.1 Å². The van der Waals surface area contributed by atoms with Crippen molar-refractivity contribution in [3.05, 3.63) is 54.6 Å². The summed E-state index contributed by atoms with van der Waals surface area (Å²) in [6.45, 7) is 12.2. The minimum absolute atomic E-state index is 0.227. The van der Waals surface area contributed by atoms with Gasteiger partial charge in [0.2, 0.25) is 0 Å². The average molecular weight is 529 g/mol. The Morgan fingerprint density at radius 1 is 1.05 bits per heavy atom. The van der Waals surface area contributed by atoms with Crippen LogP contribution in [0.4, 0.5) is 16.4 Å². The smallest absolute Gasteiger partial charge is 0.410 e. The highest BCUT2D eigenvalue weighted by molar-refractivity contribution is 5.81. The molecule has 0 bridgehead atoms. The second-order valence-electron chi connectivity index (χ2n) is 11.5. The Labute approximate surface area is 228 Å². The van der Waals surface area contributed by atoms with Crippen LogP contribution in [-0.4, -0.2) is 59.6 Å². The molecule has 1 fully saturated rings. The van der Waals surface area contributed by atoms with Crippen LogP contribution in [0.25, 0.3) is 22.2 Å². The van der Waals surface area contributed by atoms with Crippen LogP contribution in [0.15, 0.2) is 49.1 Å². The van der Waals surface area contributed by atoms with Crippen LogP contribution < -0.4 is 5.32 Å². The lowest BCUT2D eigenvalue weighted by atomic mass is 9.97. The zero-order chi connectivity index (χ0) is 27.6. The molecule has 204 valence electrons. The van der Waals surface area contributed by atoms with E-state index < -0.39 is 5.60 Å². The number of ether oxygens (including phenoxy) is 1. The molecule has 4 aromatic rings. The van der Waals surface area contributed by atoms with E-state index in [0.717, 1.165) is 47.1 Å². The maximum absolute atomic E-state index is 12.3. The van der Waals surface area contributed by atoms with Gasteiger partial charge in [0.25, 0.3) is 0 Å². The fraction of sp³-hybridized carbons (Fsp3) is 0.448. The largest absolute Gasteiger partial charge is 0.444 e. The van der Waals surface area contributed by atoms with Gasteiger partial charge in [0.15, 0.2) is 5.82 Å². The van der Waals surface area contributed by atoms with Gasteiger partial charge in [-0.15, -0.1) is 5.10 Å². The number of likely N-dealkylation sites (tertiary alicyclic amines) is 1. The summed E-state index contributed by atoms with van der Waals surface area (Å²) in [6.07, 6.45) is 9.19. The number of pyridine rings is 2. The third-order valence-corrected chi connectivity index (χ3v) is 6.81. The molecule has 39 heavy (non-hydrogen) atoms. The van der Waals surface area contributed by atoms with E-state index in [4.69, 9.17) is 9.72 Å². The third-order valence-electron chi connectivity index (χ3n) is 6.81. The summed E-state index contributed by atoms with van der Waals surface area (Å²) in [7, 11) is 0. The van der Waals surface area contributed by atoms with Gasteiger partial charge in [0.05, 0.1) is 23.4 Å². The van der Waals surface area contributed by atoms with E-state index in [1.54, 1.807) is 11.1 Å². The van der Waals surface area contributed by atoms with Crippen LogP contribution in [0, 0.1) is 5.92 Å². The van der Waals surface area contributed by atoms with Crippen LogP contribution in [0.3, 0.4) is 0 Å². The molecule has 5 rings (SSSR count).